The third kappa shape index (κ3) is 5.10. The highest BCUT2D eigenvalue weighted by molar-refractivity contribution is 5.92. The maximum Gasteiger partial charge on any atom is 0.238 e. The zero-order valence-electron chi connectivity index (χ0n) is 15.0. The molecule has 1 aliphatic rings. The minimum absolute atomic E-state index is 0.0197. The molecule has 0 aromatic heterocycles. The molecule has 1 fully saturated rings. The van der Waals surface area contributed by atoms with Crippen molar-refractivity contribution in [1.82, 2.24) is 9.80 Å². The predicted molar refractivity (Wildman–Crippen MR) is 98.0 cm³/mol. The van der Waals surface area contributed by atoms with Gasteiger partial charge in [0.2, 0.25) is 11.8 Å². The van der Waals surface area contributed by atoms with Crippen molar-refractivity contribution in [2.24, 2.45) is 0 Å². The minimum atomic E-state index is -0.538. The van der Waals surface area contributed by atoms with E-state index in [-0.39, 0.29) is 37.0 Å². The number of piperazine rings is 1. The molecule has 5 nitrogen and oxygen atoms in total. The van der Waals surface area contributed by atoms with Crippen LogP contribution >= 0.6 is 0 Å². The van der Waals surface area contributed by atoms with Crippen molar-refractivity contribution in [3.05, 3.63) is 65.2 Å². The van der Waals surface area contributed by atoms with Crippen molar-refractivity contribution in [3.8, 4) is 0 Å². The second kappa shape index (κ2) is 8.26. The van der Waals surface area contributed by atoms with Crippen molar-refractivity contribution in [2.75, 3.05) is 31.5 Å². The van der Waals surface area contributed by atoms with Crippen LogP contribution in [-0.2, 0) is 16.1 Å². The second-order valence-electron chi connectivity index (χ2n) is 6.68. The Morgan fingerprint density at radius 3 is 2.56 bits per heavy atom. The van der Waals surface area contributed by atoms with E-state index in [9.17, 15) is 18.4 Å². The van der Waals surface area contributed by atoms with Gasteiger partial charge in [0.05, 0.1) is 13.1 Å². The molecule has 3 rings (SSSR count). The summed E-state index contributed by atoms with van der Waals surface area (Å²) < 4.78 is 27.0. The summed E-state index contributed by atoms with van der Waals surface area (Å²) in [5, 5.41) is 2.80. The summed E-state index contributed by atoms with van der Waals surface area (Å²) in [6.07, 6.45) is 0. The standard InChI is InChI=1S/C20H21F2N3O2/c1-14-2-5-17(6-3-14)23-19(26)12-24-8-9-25(20(27)13-24)11-15-10-16(21)4-7-18(15)22/h2-7,10H,8-9,11-13H2,1H3,(H,23,26). The number of nitrogens with one attached hydrogen (secondary N) is 1. The zero-order valence-corrected chi connectivity index (χ0v) is 15.0. The quantitative estimate of drug-likeness (QED) is 0.877. The van der Waals surface area contributed by atoms with E-state index in [0.717, 1.165) is 23.8 Å². The lowest BCUT2D eigenvalue weighted by atomic mass is 10.1. The first-order valence-corrected chi connectivity index (χ1v) is 8.71. The number of hydrogen-bond donors (Lipinski definition) is 1. The number of aryl methyl sites for hydroxylation is 1. The van der Waals surface area contributed by atoms with Crippen LogP contribution in [0, 0.1) is 18.6 Å². The van der Waals surface area contributed by atoms with Crippen molar-refractivity contribution in [1.29, 1.82) is 0 Å². The van der Waals surface area contributed by atoms with Gasteiger partial charge in [-0.05, 0) is 37.3 Å². The number of rotatable bonds is 5. The third-order valence-electron chi connectivity index (χ3n) is 4.47. The van der Waals surface area contributed by atoms with Crippen LogP contribution in [0.15, 0.2) is 42.5 Å². The first-order valence-electron chi connectivity index (χ1n) is 8.71. The summed E-state index contributed by atoms with van der Waals surface area (Å²) in [6, 6.07) is 10.7. The molecule has 0 spiro atoms. The van der Waals surface area contributed by atoms with E-state index in [1.807, 2.05) is 31.2 Å². The summed E-state index contributed by atoms with van der Waals surface area (Å²) in [6.45, 7) is 2.99. The Kier molecular flexibility index (Phi) is 5.81. The number of carbonyl (C=O) groups excluding carboxylic acids is 2. The van der Waals surface area contributed by atoms with Gasteiger partial charge in [-0.3, -0.25) is 14.5 Å². The molecule has 0 atom stereocenters. The van der Waals surface area contributed by atoms with Gasteiger partial charge < -0.3 is 10.2 Å². The van der Waals surface area contributed by atoms with Gasteiger partial charge >= 0.3 is 0 Å². The molecule has 142 valence electrons. The van der Waals surface area contributed by atoms with E-state index in [1.165, 1.54) is 4.90 Å². The van der Waals surface area contributed by atoms with Gasteiger partial charge in [0.25, 0.3) is 0 Å². The molecule has 1 heterocycles. The molecular formula is C20H21F2N3O2. The number of amides is 2. The van der Waals surface area contributed by atoms with E-state index >= 15 is 0 Å². The summed E-state index contributed by atoms with van der Waals surface area (Å²) in [4.78, 5) is 27.7. The van der Waals surface area contributed by atoms with E-state index in [2.05, 4.69) is 5.32 Å². The largest absolute Gasteiger partial charge is 0.336 e. The highest BCUT2D eigenvalue weighted by atomic mass is 19.1. The van der Waals surface area contributed by atoms with E-state index in [4.69, 9.17) is 0 Å². The van der Waals surface area contributed by atoms with Crippen molar-refractivity contribution < 1.29 is 18.4 Å². The normalized spacial score (nSPS) is 15.1. The number of carbonyl (C=O) groups is 2. The molecule has 0 bridgehead atoms. The Balaban J connectivity index is 1.52. The molecule has 0 unspecified atom stereocenters. The van der Waals surface area contributed by atoms with Crippen LogP contribution in [0.3, 0.4) is 0 Å². The first-order chi connectivity index (χ1) is 12.9. The Bertz CT molecular complexity index is 840. The van der Waals surface area contributed by atoms with Gasteiger partial charge in [-0.1, -0.05) is 17.7 Å². The molecule has 7 heteroatoms. The number of nitrogens with zero attached hydrogens (tertiary/aromatic N) is 2. The fraction of sp³-hybridized carbons (Fsp3) is 0.300. The number of benzene rings is 2. The Labute approximate surface area is 156 Å². The number of anilines is 1. The van der Waals surface area contributed by atoms with Crippen LogP contribution in [-0.4, -0.2) is 47.8 Å². The van der Waals surface area contributed by atoms with E-state index < -0.39 is 11.6 Å². The van der Waals surface area contributed by atoms with Gasteiger partial charge in [-0.2, -0.15) is 0 Å². The second-order valence-corrected chi connectivity index (χ2v) is 6.68. The zero-order chi connectivity index (χ0) is 19.4. The van der Waals surface area contributed by atoms with Crippen molar-refractivity contribution >= 4 is 17.5 Å². The molecule has 1 aliphatic heterocycles. The molecule has 1 N–H and O–H groups in total. The lowest BCUT2D eigenvalue weighted by Crippen LogP contribution is -2.51. The van der Waals surface area contributed by atoms with Crippen molar-refractivity contribution in [2.45, 2.75) is 13.5 Å². The molecule has 0 saturated carbocycles. The van der Waals surface area contributed by atoms with Gasteiger partial charge in [-0.25, -0.2) is 8.78 Å². The number of hydrogen-bond acceptors (Lipinski definition) is 3. The Morgan fingerprint density at radius 2 is 1.85 bits per heavy atom. The third-order valence-corrected chi connectivity index (χ3v) is 4.47. The van der Waals surface area contributed by atoms with Gasteiger partial charge in [0.1, 0.15) is 11.6 Å². The van der Waals surface area contributed by atoms with Crippen LogP contribution in [0.5, 0.6) is 0 Å². The summed E-state index contributed by atoms with van der Waals surface area (Å²) in [7, 11) is 0. The van der Waals surface area contributed by atoms with Crippen LogP contribution in [0.1, 0.15) is 11.1 Å². The fourth-order valence-electron chi connectivity index (χ4n) is 2.97. The topological polar surface area (TPSA) is 52.7 Å². The maximum atomic E-state index is 13.8. The van der Waals surface area contributed by atoms with Crippen LogP contribution in [0.4, 0.5) is 14.5 Å². The summed E-state index contributed by atoms with van der Waals surface area (Å²) in [5.41, 5.74) is 1.95. The SMILES string of the molecule is Cc1ccc(NC(=O)CN2CCN(Cc3cc(F)ccc3F)C(=O)C2)cc1. The summed E-state index contributed by atoms with van der Waals surface area (Å²) in [5.74, 6) is -1.49. The molecule has 1 saturated heterocycles. The van der Waals surface area contributed by atoms with Gasteiger partial charge in [-0.15, -0.1) is 0 Å². The molecule has 27 heavy (non-hydrogen) atoms. The average molecular weight is 373 g/mol. The van der Waals surface area contributed by atoms with Crippen LogP contribution in [0.25, 0.3) is 0 Å². The summed E-state index contributed by atoms with van der Waals surface area (Å²) >= 11 is 0. The monoisotopic (exact) mass is 373 g/mol. The fourth-order valence-corrected chi connectivity index (χ4v) is 2.97. The Hall–Kier alpha value is -2.80. The first kappa shape index (κ1) is 19.0. The number of halogens is 2. The smallest absolute Gasteiger partial charge is 0.238 e. The Morgan fingerprint density at radius 1 is 1.11 bits per heavy atom. The van der Waals surface area contributed by atoms with E-state index in [1.54, 1.807) is 4.90 Å². The molecule has 2 amide bonds. The van der Waals surface area contributed by atoms with Gasteiger partial charge in [0, 0.05) is 30.9 Å². The lowest BCUT2D eigenvalue weighted by Gasteiger charge is -2.34. The predicted octanol–water partition coefficient (Wildman–Crippen LogP) is 2.56. The average Bonchev–Trinajstić information content (AvgIpc) is 2.62. The molecular weight excluding hydrogens is 352 g/mol. The molecule has 2 aromatic rings. The van der Waals surface area contributed by atoms with Gasteiger partial charge in [0.15, 0.2) is 0 Å². The molecule has 0 radical (unpaired) electrons. The molecule has 2 aromatic carbocycles. The highest BCUT2D eigenvalue weighted by Gasteiger charge is 2.26. The maximum absolute atomic E-state index is 13.8. The molecule has 0 aliphatic carbocycles. The lowest BCUT2D eigenvalue weighted by molar-refractivity contribution is -0.137. The van der Waals surface area contributed by atoms with Crippen LogP contribution in [0.2, 0.25) is 0 Å². The van der Waals surface area contributed by atoms with Crippen molar-refractivity contribution in [3.63, 3.8) is 0 Å². The highest BCUT2D eigenvalue weighted by Crippen LogP contribution is 2.15. The minimum Gasteiger partial charge on any atom is -0.336 e. The van der Waals surface area contributed by atoms with Crippen LogP contribution < -0.4 is 5.32 Å². The van der Waals surface area contributed by atoms with E-state index in [0.29, 0.717) is 18.8 Å².